The lowest BCUT2D eigenvalue weighted by Crippen LogP contribution is -2.30. The summed E-state index contributed by atoms with van der Waals surface area (Å²) in [5, 5.41) is 0. The number of carbonyl (C=O) groups excluding carboxylic acids is 1. The average molecular weight is 299 g/mol. The first kappa shape index (κ1) is 14.0. The van der Waals surface area contributed by atoms with Gasteiger partial charge in [0.15, 0.2) is 0 Å². The molecule has 0 bridgehead atoms. The second kappa shape index (κ2) is 5.82. The lowest BCUT2D eigenvalue weighted by Gasteiger charge is -2.33. The lowest BCUT2D eigenvalue weighted by molar-refractivity contribution is -0.144. The van der Waals surface area contributed by atoms with E-state index in [2.05, 4.69) is 29.2 Å². The Balaban J connectivity index is 2.00. The lowest BCUT2D eigenvalue weighted by atomic mass is 10.1. The molecule has 0 radical (unpaired) electrons. The van der Waals surface area contributed by atoms with Crippen LogP contribution < -0.4 is 4.90 Å². The third-order valence-corrected chi connectivity index (χ3v) is 4.72. The Labute approximate surface area is 128 Å². The molecule has 0 aromatic heterocycles. The van der Waals surface area contributed by atoms with Crippen molar-refractivity contribution in [3.05, 3.63) is 48.5 Å². The number of methoxy groups -OCH3 is 1. The third-order valence-electron chi connectivity index (χ3n) is 3.59. The van der Waals surface area contributed by atoms with E-state index in [0.29, 0.717) is 6.54 Å². The monoisotopic (exact) mass is 299 g/mol. The predicted octanol–water partition coefficient (Wildman–Crippen LogP) is 4.10. The molecule has 1 atom stereocenters. The highest BCUT2D eigenvalue weighted by atomic mass is 32.2. The van der Waals surface area contributed by atoms with E-state index < -0.39 is 0 Å². The maximum absolute atomic E-state index is 11.8. The number of nitrogens with zero attached hydrogens (tertiary/aromatic N) is 1. The van der Waals surface area contributed by atoms with Crippen LogP contribution in [0.2, 0.25) is 0 Å². The maximum atomic E-state index is 11.8. The molecule has 0 fully saturated rings. The van der Waals surface area contributed by atoms with Crippen LogP contribution in [-0.2, 0) is 9.53 Å². The van der Waals surface area contributed by atoms with Gasteiger partial charge >= 0.3 is 5.97 Å². The number of benzene rings is 2. The first-order valence-electron chi connectivity index (χ1n) is 6.92. The van der Waals surface area contributed by atoms with Crippen LogP contribution in [0.3, 0.4) is 0 Å². The fraction of sp³-hybridized carbons (Fsp3) is 0.235. The quantitative estimate of drug-likeness (QED) is 0.798. The van der Waals surface area contributed by atoms with Crippen LogP contribution in [0.25, 0.3) is 0 Å². The fourth-order valence-electron chi connectivity index (χ4n) is 2.53. The minimum absolute atomic E-state index is 0.178. The zero-order valence-electron chi connectivity index (χ0n) is 12.1. The number of hydrogen-bond donors (Lipinski definition) is 0. The molecule has 2 aromatic carbocycles. The zero-order valence-corrected chi connectivity index (χ0v) is 12.9. The van der Waals surface area contributed by atoms with E-state index in [9.17, 15) is 4.79 Å². The molecule has 0 saturated carbocycles. The molecule has 3 nitrogen and oxygen atoms in total. The zero-order chi connectivity index (χ0) is 14.8. The van der Waals surface area contributed by atoms with Crippen molar-refractivity contribution in [1.82, 2.24) is 0 Å². The van der Waals surface area contributed by atoms with E-state index in [0.717, 1.165) is 11.4 Å². The molecular weight excluding hydrogens is 282 g/mol. The standard InChI is InChI=1S/C17H17NO2S/c1-12(17(19)20-2)11-18-13-7-3-5-9-15(13)21-16-10-6-4-8-14(16)18/h3-10,12H,11H2,1-2H3. The van der Waals surface area contributed by atoms with Gasteiger partial charge in [-0.3, -0.25) is 4.79 Å². The highest BCUT2D eigenvalue weighted by Crippen LogP contribution is 2.47. The van der Waals surface area contributed by atoms with Gasteiger partial charge in [-0.05, 0) is 24.3 Å². The van der Waals surface area contributed by atoms with Crippen LogP contribution in [-0.4, -0.2) is 19.6 Å². The number of para-hydroxylation sites is 2. The van der Waals surface area contributed by atoms with Crippen LogP contribution in [0, 0.1) is 5.92 Å². The summed E-state index contributed by atoms with van der Waals surface area (Å²) in [5.74, 6) is -0.359. The predicted molar refractivity (Wildman–Crippen MR) is 85.2 cm³/mol. The summed E-state index contributed by atoms with van der Waals surface area (Å²) < 4.78 is 4.86. The van der Waals surface area contributed by atoms with E-state index in [1.165, 1.54) is 16.9 Å². The van der Waals surface area contributed by atoms with Crippen molar-refractivity contribution in [2.45, 2.75) is 16.7 Å². The van der Waals surface area contributed by atoms with Gasteiger partial charge in [0.2, 0.25) is 0 Å². The Morgan fingerprint density at radius 1 is 1.10 bits per heavy atom. The summed E-state index contributed by atoms with van der Waals surface area (Å²) in [7, 11) is 1.44. The molecule has 21 heavy (non-hydrogen) atoms. The van der Waals surface area contributed by atoms with Crippen molar-refractivity contribution in [1.29, 1.82) is 0 Å². The topological polar surface area (TPSA) is 29.5 Å². The van der Waals surface area contributed by atoms with Crippen LogP contribution in [0.4, 0.5) is 11.4 Å². The van der Waals surface area contributed by atoms with Crippen molar-refractivity contribution in [3.8, 4) is 0 Å². The summed E-state index contributed by atoms with van der Waals surface area (Å²) in [4.78, 5) is 16.4. The van der Waals surface area contributed by atoms with Crippen LogP contribution in [0.1, 0.15) is 6.92 Å². The number of carbonyl (C=O) groups is 1. The molecule has 108 valence electrons. The number of ether oxygens (including phenoxy) is 1. The van der Waals surface area contributed by atoms with Crippen molar-refractivity contribution in [3.63, 3.8) is 0 Å². The Hall–Kier alpha value is -1.94. The Morgan fingerprint density at radius 3 is 2.14 bits per heavy atom. The molecule has 0 amide bonds. The van der Waals surface area contributed by atoms with Gasteiger partial charge in [0.05, 0.1) is 24.4 Å². The highest BCUT2D eigenvalue weighted by molar-refractivity contribution is 7.99. The summed E-state index contributed by atoms with van der Waals surface area (Å²) in [5.41, 5.74) is 2.30. The van der Waals surface area contributed by atoms with E-state index in [1.807, 2.05) is 31.2 Å². The number of esters is 1. The molecule has 0 N–H and O–H groups in total. The molecule has 4 heteroatoms. The molecule has 0 aliphatic carbocycles. The normalized spacial score (nSPS) is 14.1. The van der Waals surface area contributed by atoms with E-state index >= 15 is 0 Å². The highest BCUT2D eigenvalue weighted by Gasteiger charge is 2.26. The number of fused-ring (bicyclic) bond motifs is 2. The van der Waals surface area contributed by atoms with Gasteiger partial charge in [-0.15, -0.1) is 0 Å². The first-order valence-corrected chi connectivity index (χ1v) is 7.73. The van der Waals surface area contributed by atoms with Gasteiger partial charge in [-0.2, -0.15) is 0 Å². The molecule has 1 heterocycles. The third kappa shape index (κ3) is 2.63. The second-order valence-corrected chi connectivity index (χ2v) is 6.16. The van der Waals surface area contributed by atoms with E-state index in [-0.39, 0.29) is 11.9 Å². The summed E-state index contributed by atoms with van der Waals surface area (Å²) >= 11 is 1.77. The Morgan fingerprint density at radius 2 is 1.62 bits per heavy atom. The van der Waals surface area contributed by atoms with Crippen molar-refractivity contribution < 1.29 is 9.53 Å². The van der Waals surface area contributed by atoms with Gasteiger partial charge in [-0.1, -0.05) is 43.0 Å². The molecule has 1 aliphatic heterocycles. The largest absolute Gasteiger partial charge is 0.469 e. The van der Waals surface area contributed by atoms with Gasteiger partial charge in [-0.25, -0.2) is 0 Å². The molecule has 1 aliphatic rings. The maximum Gasteiger partial charge on any atom is 0.310 e. The smallest absolute Gasteiger partial charge is 0.310 e. The van der Waals surface area contributed by atoms with Crippen LogP contribution >= 0.6 is 11.8 Å². The minimum Gasteiger partial charge on any atom is -0.469 e. The van der Waals surface area contributed by atoms with Crippen LogP contribution in [0.15, 0.2) is 58.3 Å². The molecule has 1 unspecified atom stereocenters. The van der Waals surface area contributed by atoms with Gasteiger partial charge in [0.25, 0.3) is 0 Å². The molecule has 2 aromatic rings. The van der Waals surface area contributed by atoms with Crippen LogP contribution in [0.5, 0.6) is 0 Å². The average Bonchev–Trinajstić information content (AvgIpc) is 2.53. The number of anilines is 2. The second-order valence-electron chi connectivity index (χ2n) is 5.07. The molecule has 3 rings (SSSR count). The summed E-state index contributed by atoms with van der Waals surface area (Å²) in [6, 6.07) is 16.6. The minimum atomic E-state index is -0.181. The summed E-state index contributed by atoms with van der Waals surface area (Å²) in [6.45, 7) is 2.51. The van der Waals surface area contributed by atoms with Gasteiger partial charge in [0.1, 0.15) is 0 Å². The van der Waals surface area contributed by atoms with E-state index in [1.54, 1.807) is 11.8 Å². The fourth-order valence-corrected chi connectivity index (χ4v) is 3.62. The van der Waals surface area contributed by atoms with Crippen molar-refractivity contribution >= 4 is 29.1 Å². The molecular formula is C17H17NO2S. The van der Waals surface area contributed by atoms with Gasteiger partial charge < -0.3 is 9.64 Å². The SMILES string of the molecule is COC(=O)C(C)CN1c2ccccc2Sc2ccccc21. The van der Waals surface area contributed by atoms with Gasteiger partial charge in [0, 0.05) is 16.3 Å². The Kier molecular flexibility index (Phi) is 3.88. The first-order chi connectivity index (χ1) is 10.2. The molecule has 0 spiro atoms. The summed E-state index contributed by atoms with van der Waals surface area (Å²) in [6.07, 6.45) is 0. The van der Waals surface area contributed by atoms with Crippen molar-refractivity contribution in [2.24, 2.45) is 5.92 Å². The van der Waals surface area contributed by atoms with Crippen molar-refractivity contribution in [2.75, 3.05) is 18.6 Å². The number of hydrogen-bond acceptors (Lipinski definition) is 4. The molecule has 0 saturated heterocycles. The van der Waals surface area contributed by atoms with E-state index in [4.69, 9.17) is 4.74 Å². The Bertz CT molecular complexity index is 626. The number of rotatable bonds is 3.